The van der Waals surface area contributed by atoms with Crippen LogP contribution >= 0.6 is 22.9 Å². The molecule has 0 bridgehead atoms. The van der Waals surface area contributed by atoms with Crippen molar-refractivity contribution in [2.24, 2.45) is 0 Å². The fraction of sp³-hybridized carbons (Fsp3) is 0.267. The number of carbonyl (C=O) groups excluding carboxylic acids is 1. The molecule has 1 atom stereocenters. The summed E-state index contributed by atoms with van der Waals surface area (Å²) in [5.41, 5.74) is 0.832. The molecule has 3 nitrogen and oxygen atoms in total. The van der Waals surface area contributed by atoms with E-state index in [0.717, 1.165) is 15.4 Å². The first-order valence-electron chi connectivity index (χ1n) is 6.35. The van der Waals surface area contributed by atoms with E-state index in [2.05, 4.69) is 5.32 Å². The Morgan fingerprint density at radius 2 is 2.00 bits per heavy atom. The molecule has 0 amide bonds. The minimum atomic E-state index is -0.491. The summed E-state index contributed by atoms with van der Waals surface area (Å²) in [6.45, 7) is 4.18. The van der Waals surface area contributed by atoms with Crippen molar-refractivity contribution in [2.75, 3.05) is 11.9 Å². The van der Waals surface area contributed by atoms with E-state index in [1.54, 1.807) is 30.4 Å². The number of hydrogen-bond acceptors (Lipinski definition) is 4. The van der Waals surface area contributed by atoms with Gasteiger partial charge in [0, 0.05) is 20.5 Å². The smallest absolute Gasteiger partial charge is 0.334 e. The summed E-state index contributed by atoms with van der Waals surface area (Å²) in [5.74, 6) is -0.274. The van der Waals surface area contributed by atoms with Crippen molar-refractivity contribution < 1.29 is 9.53 Å². The van der Waals surface area contributed by atoms with Crippen molar-refractivity contribution in [1.29, 1.82) is 0 Å². The predicted molar refractivity (Wildman–Crippen MR) is 83.5 cm³/mol. The van der Waals surface area contributed by atoms with Gasteiger partial charge in [-0.2, -0.15) is 0 Å². The standard InChI is InChI=1S/C15H16ClNO2S/c1-3-19-15(18)14(13-9-4-10(2)20-13)17-12-7-5-11(16)6-8-12/h4-9,14,17H,3H2,1-2H3. The summed E-state index contributed by atoms with van der Waals surface area (Å²) in [5, 5.41) is 3.86. The van der Waals surface area contributed by atoms with Gasteiger partial charge in [-0.05, 0) is 50.2 Å². The van der Waals surface area contributed by atoms with E-state index in [-0.39, 0.29) is 5.97 Å². The van der Waals surface area contributed by atoms with Crippen LogP contribution in [0.3, 0.4) is 0 Å². The lowest BCUT2D eigenvalue weighted by Gasteiger charge is -2.17. The van der Waals surface area contributed by atoms with Gasteiger partial charge in [0.15, 0.2) is 6.04 Å². The molecule has 0 aliphatic heterocycles. The van der Waals surface area contributed by atoms with Gasteiger partial charge >= 0.3 is 5.97 Å². The third-order valence-corrected chi connectivity index (χ3v) is 4.04. The summed E-state index contributed by atoms with van der Waals surface area (Å²) in [4.78, 5) is 14.2. The molecule has 1 aromatic carbocycles. The van der Waals surface area contributed by atoms with Crippen LogP contribution in [0.2, 0.25) is 5.02 Å². The molecular formula is C15H16ClNO2S. The zero-order chi connectivity index (χ0) is 14.5. The van der Waals surface area contributed by atoms with Crippen LogP contribution in [0.15, 0.2) is 36.4 Å². The van der Waals surface area contributed by atoms with E-state index in [0.29, 0.717) is 11.6 Å². The lowest BCUT2D eigenvalue weighted by atomic mass is 10.2. The Labute approximate surface area is 127 Å². The minimum Gasteiger partial charge on any atom is -0.464 e. The number of carbonyl (C=O) groups is 1. The van der Waals surface area contributed by atoms with Crippen LogP contribution in [-0.2, 0) is 9.53 Å². The van der Waals surface area contributed by atoms with Crippen LogP contribution < -0.4 is 5.32 Å². The number of halogens is 1. The highest BCUT2D eigenvalue weighted by atomic mass is 35.5. The summed E-state index contributed by atoms with van der Waals surface area (Å²) in [6.07, 6.45) is 0. The molecule has 1 N–H and O–H groups in total. The number of esters is 1. The molecule has 0 fully saturated rings. The molecule has 1 unspecified atom stereocenters. The Morgan fingerprint density at radius 3 is 2.55 bits per heavy atom. The number of rotatable bonds is 5. The molecule has 1 aromatic heterocycles. The number of thiophene rings is 1. The number of nitrogens with one attached hydrogen (secondary N) is 1. The fourth-order valence-corrected chi connectivity index (χ4v) is 2.84. The average molecular weight is 310 g/mol. The SMILES string of the molecule is CCOC(=O)C(Nc1ccc(Cl)cc1)c1ccc(C)s1. The zero-order valence-corrected chi connectivity index (χ0v) is 12.9. The maximum atomic E-state index is 12.1. The quantitative estimate of drug-likeness (QED) is 0.831. The average Bonchev–Trinajstić information content (AvgIpc) is 2.84. The van der Waals surface area contributed by atoms with Crippen LogP contribution in [0.5, 0.6) is 0 Å². The molecule has 20 heavy (non-hydrogen) atoms. The highest BCUT2D eigenvalue weighted by Gasteiger charge is 2.23. The van der Waals surface area contributed by atoms with Crippen LogP contribution in [0.25, 0.3) is 0 Å². The second kappa shape index (κ2) is 6.77. The first kappa shape index (κ1) is 14.9. The summed E-state index contributed by atoms with van der Waals surface area (Å²) < 4.78 is 5.14. The van der Waals surface area contributed by atoms with Gasteiger partial charge in [-0.15, -0.1) is 11.3 Å². The van der Waals surface area contributed by atoms with Gasteiger partial charge in [-0.1, -0.05) is 11.6 Å². The lowest BCUT2D eigenvalue weighted by Crippen LogP contribution is -2.22. The first-order chi connectivity index (χ1) is 9.60. The third kappa shape index (κ3) is 3.74. The minimum absolute atomic E-state index is 0.274. The topological polar surface area (TPSA) is 38.3 Å². The molecule has 0 aliphatic rings. The summed E-state index contributed by atoms with van der Waals surface area (Å²) >= 11 is 7.45. The zero-order valence-electron chi connectivity index (χ0n) is 11.4. The van der Waals surface area contributed by atoms with Gasteiger partial charge in [0.25, 0.3) is 0 Å². The van der Waals surface area contributed by atoms with Gasteiger partial charge in [0.2, 0.25) is 0 Å². The van der Waals surface area contributed by atoms with Gasteiger partial charge in [-0.25, -0.2) is 4.79 Å². The molecule has 106 valence electrons. The number of hydrogen-bond donors (Lipinski definition) is 1. The Morgan fingerprint density at radius 1 is 1.30 bits per heavy atom. The maximum Gasteiger partial charge on any atom is 0.334 e. The van der Waals surface area contributed by atoms with Crippen LogP contribution in [0.4, 0.5) is 5.69 Å². The van der Waals surface area contributed by atoms with E-state index in [1.807, 2.05) is 31.2 Å². The van der Waals surface area contributed by atoms with Crippen molar-refractivity contribution in [3.8, 4) is 0 Å². The Balaban J connectivity index is 2.22. The molecule has 0 radical (unpaired) electrons. The van der Waals surface area contributed by atoms with E-state index in [1.165, 1.54) is 0 Å². The van der Waals surface area contributed by atoms with E-state index >= 15 is 0 Å². The monoisotopic (exact) mass is 309 g/mol. The molecule has 0 aliphatic carbocycles. The summed E-state index contributed by atoms with van der Waals surface area (Å²) in [7, 11) is 0. The van der Waals surface area contributed by atoms with Crippen molar-refractivity contribution in [3.63, 3.8) is 0 Å². The molecular weight excluding hydrogens is 294 g/mol. The largest absolute Gasteiger partial charge is 0.464 e. The van der Waals surface area contributed by atoms with Gasteiger partial charge in [-0.3, -0.25) is 0 Å². The van der Waals surface area contributed by atoms with Gasteiger partial charge < -0.3 is 10.1 Å². The number of anilines is 1. The Hall–Kier alpha value is -1.52. The van der Waals surface area contributed by atoms with Crippen molar-refractivity contribution in [2.45, 2.75) is 19.9 Å². The van der Waals surface area contributed by atoms with E-state index in [4.69, 9.17) is 16.3 Å². The van der Waals surface area contributed by atoms with E-state index in [9.17, 15) is 4.79 Å². The highest BCUT2D eigenvalue weighted by molar-refractivity contribution is 7.12. The Bertz CT molecular complexity index is 580. The van der Waals surface area contributed by atoms with Crippen molar-refractivity contribution in [1.82, 2.24) is 0 Å². The fourth-order valence-electron chi connectivity index (χ4n) is 1.79. The summed E-state index contributed by atoms with van der Waals surface area (Å²) in [6, 6.07) is 10.7. The van der Waals surface area contributed by atoms with Crippen molar-refractivity contribution >= 4 is 34.6 Å². The molecule has 2 aromatic rings. The maximum absolute atomic E-state index is 12.1. The molecule has 0 spiro atoms. The highest BCUT2D eigenvalue weighted by Crippen LogP contribution is 2.27. The Kier molecular flexibility index (Phi) is 5.04. The lowest BCUT2D eigenvalue weighted by molar-refractivity contribution is -0.144. The van der Waals surface area contributed by atoms with Gasteiger partial charge in [0.1, 0.15) is 0 Å². The molecule has 0 saturated carbocycles. The third-order valence-electron chi connectivity index (χ3n) is 2.72. The van der Waals surface area contributed by atoms with Crippen LogP contribution in [0, 0.1) is 6.92 Å². The molecule has 5 heteroatoms. The number of aryl methyl sites for hydroxylation is 1. The molecule has 0 saturated heterocycles. The van der Waals surface area contributed by atoms with Crippen molar-refractivity contribution in [3.05, 3.63) is 51.2 Å². The van der Waals surface area contributed by atoms with Crippen LogP contribution in [-0.4, -0.2) is 12.6 Å². The first-order valence-corrected chi connectivity index (χ1v) is 7.54. The van der Waals surface area contributed by atoms with Crippen LogP contribution in [0.1, 0.15) is 22.7 Å². The normalized spacial score (nSPS) is 11.9. The van der Waals surface area contributed by atoms with E-state index < -0.39 is 6.04 Å². The predicted octanol–water partition coefficient (Wildman–Crippen LogP) is 4.43. The molecule has 1 heterocycles. The second-order valence-electron chi connectivity index (χ2n) is 4.28. The number of ether oxygens (including phenoxy) is 1. The second-order valence-corrected chi connectivity index (χ2v) is 6.04. The number of benzene rings is 1. The molecule has 2 rings (SSSR count). The van der Waals surface area contributed by atoms with Gasteiger partial charge in [0.05, 0.1) is 6.61 Å².